The molecule has 0 radical (unpaired) electrons. The zero-order valence-electron chi connectivity index (χ0n) is 31.3. The summed E-state index contributed by atoms with van der Waals surface area (Å²) in [5.41, 5.74) is 5.96. The monoisotopic (exact) mass is 893 g/mol. The number of esters is 1. The third-order valence-electron chi connectivity index (χ3n) is 9.42. The van der Waals surface area contributed by atoms with Crippen molar-refractivity contribution in [3.05, 3.63) is 118 Å². The fraction of sp³-hybridized carbons (Fsp3) is 0.343. The molecule has 0 saturated carbocycles. The van der Waals surface area contributed by atoms with E-state index in [9.17, 15) is 28.4 Å². The van der Waals surface area contributed by atoms with Crippen molar-refractivity contribution in [2.24, 2.45) is 0 Å². The number of benzene rings is 2. The number of aromatic nitrogens is 6. The Morgan fingerprint density at radius 1 is 0.933 bits per heavy atom. The SMILES string of the molecule is Cc1ccc(C(=O)Oc2ccc(CSP3(=O)OC[C@H]4O[C@@H](n5cnc6c(N)ncnc65)[C@H](OP(=O)([O-])OC[C@H]5O[C@@H](n6ccc(=O)[nH]c6=O)[C@H](F)[C@@H]5O3)[C@@H]4F)cc2)cc1.[CH3+]. The average Bonchev–Trinajstić information content (AvgIpc) is 3.86. The third-order valence-corrected chi connectivity index (χ3v) is 14.0. The number of phosphoric acid groups is 1. The molecule has 3 aliphatic rings. The quantitative estimate of drug-likeness (QED) is 0.102. The molecule has 10 atom stereocenters. The summed E-state index contributed by atoms with van der Waals surface area (Å²) in [6.07, 6.45) is -12.1. The normalized spacial score (nSPS) is 30.7. The number of phosphoric ester groups is 1. The van der Waals surface area contributed by atoms with Crippen LogP contribution in [-0.4, -0.2) is 85.0 Å². The number of imidazole rings is 1. The molecule has 2 bridgehead atoms. The number of ether oxygens (including phenoxy) is 3. The zero-order chi connectivity index (χ0) is 41.6. The lowest BCUT2D eigenvalue weighted by molar-refractivity contribution is -0.236. The number of anilines is 1. The maximum atomic E-state index is 16.4. The van der Waals surface area contributed by atoms with Crippen molar-refractivity contribution in [2.45, 2.75) is 61.9 Å². The number of rotatable bonds is 7. The van der Waals surface area contributed by atoms with Gasteiger partial charge in [-0.2, -0.15) is 0 Å². The van der Waals surface area contributed by atoms with E-state index >= 15 is 8.78 Å². The molecule has 2 unspecified atom stereocenters. The number of nitrogens with two attached hydrogens (primary N) is 1. The zero-order valence-corrected chi connectivity index (χ0v) is 34.0. The highest BCUT2D eigenvalue weighted by Gasteiger charge is 2.54. The summed E-state index contributed by atoms with van der Waals surface area (Å²) in [6, 6.07) is 13.8. The number of carbonyl (C=O) groups is 1. The summed E-state index contributed by atoms with van der Waals surface area (Å²) in [4.78, 5) is 64.3. The topological polar surface area (TPSA) is 263 Å². The minimum Gasteiger partial charge on any atom is -0.756 e. The maximum absolute atomic E-state index is 16.4. The van der Waals surface area contributed by atoms with Crippen LogP contribution in [0, 0.1) is 14.4 Å². The number of alkyl halides is 2. The Bertz CT molecular complexity index is 2580. The molecule has 3 saturated heterocycles. The first-order valence-electron chi connectivity index (χ1n) is 17.6. The van der Waals surface area contributed by atoms with E-state index in [1.807, 2.05) is 11.9 Å². The first-order chi connectivity index (χ1) is 28.2. The highest BCUT2D eigenvalue weighted by atomic mass is 32.7. The summed E-state index contributed by atoms with van der Waals surface area (Å²) in [7, 11) is -5.52. The smallest absolute Gasteiger partial charge is 0.389 e. The number of H-pyrrole nitrogens is 1. The first-order valence-corrected chi connectivity index (χ1v) is 22.2. The van der Waals surface area contributed by atoms with Gasteiger partial charge in [0.05, 0.1) is 25.1 Å². The van der Waals surface area contributed by atoms with Crippen molar-refractivity contribution in [1.29, 1.82) is 0 Å². The molecule has 318 valence electrons. The van der Waals surface area contributed by atoms with Crippen LogP contribution >= 0.6 is 26.0 Å². The maximum Gasteiger partial charge on any atom is 0.389 e. The number of aryl methyl sites for hydroxylation is 1. The Hall–Kier alpha value is -4.80. The second-order valence-electron chi connectivity index (χ2n) is 13.4. The Morgan fingerprint density at radius 3 is 2.38 bits per heavy atom. The van der Waals surface area contributed by atoms with Gasteiger partial charge in [0.1, 0.15) is 42.0 Å². The predicted octanol–water partition coefficient (Wildman–Crippen LogP) is 3.73. The van der Waals surface area contributed by atoms with Crippen molar-refractivity contribution in [2.75, 3.05) is 18.9 Å². The molecule has 8 rings (SSSR count). The molecule has 3 N–H and O–H groups in total. The second kappa shape index (κ2) is 17.3. The molecular weight excluding hydrogens is 858 g/mol. The molecule has 3 aliphatic heterocycles. The molecule has 0 spiro atoms. The van der Waals surface area contributed by atoms with Crippen molar-refractivity contribution in [3.63, 3.8) is 0 Å². The van der Waals surface area contributed by atoms with E-state index in [4.69, 9.17) is 38.0 Å². The molecule has 3 fully saturated rings. The van der Waals surface area contributed by atoms with Gasteiger partial charge in [0.15, 0.2) is 36.3 Å². The van der Waals surface area contributed by atoms with E-state index in [1.54, 1.807) is 36.4 Å². The molecule has 25 heteroatoms. The number of nitrogen functional groups attached to an aromatic ring is 1. The van der Waals surface area contributed by atoms with Gasteiger partial charge in [-0.15, -0.1) is 0 Å². The van der Waals surface area contributed by atoms with E-state index in [2.05, 4.69) is 15.0 Å². The number of halogens is 2. The standard InChI is InChI=1S/C34H33F2N7O13P2S.CH3/c1-17-2-6-19(7-3-17)33(45)52-20-8-4-18(5-9-20)14-59-58(49)51-12-21-24(35)28(32(53-21)43-16-40-26-29(37)38-15-39-30(26)43)55-57(47,48)50-13-22-27(56-58)25(36)31(54-22)42-11-10-23(44)41-34(42)46;/h2-11,15-16,21-22,24-25,27-28,31-32H,12-14H2,1H3,(H,47,48)(H2,37,38,39)(H,41,44,46);1H3/q;+1/p-1/t21-,22-,24-,25-,27-,28-,31-,32-,58?;/m1./s1. The van der Waals surface area contributed by atoms with Crippen molar-refractivity contribution >= 4 is 49.0 Å². The van der Waals surface area contributed by atoms with Crippen LogP contribution in [0.15, 0.2) is 83.0 Å². The number of nitrogens with one attached hydrogen (secondary N) is 1. The van der Waals surface area contributed by atoms with Crippen molar-refractivity contribution < 1.29 is 59.9 Å². The number of carbonyl (C=O) groups excluding carboxylic acids is 1. The lowest BCUT2D eigenvalue weighted by atomic mass is 10.1. The molecule has 0 amide bonds. The third kappa shape index (κ3) is 8.96. The molecule has 60 heavy (non-hydrogen) atoms. The predicted molar refractivity (Wildman–Crippen MR) is 206 cm³/mol. The van der Waals surface area contributed by atoms with Crippen molar-refractivity contribution in [3.8, 4) is 5.75 Å². The summed E-state index contributed by atoms with van der Waals surface area (Å²) in [5.74, 6) is -0.553. The van der Waals surface area contributed by atoms with Gasteiger partial charge < -0.3 is 33.9 Å². The summed E-state index contributed by atoms with van der Waals surface area (Å²) in [6.45, 7) is -4.67. The minimum absolute atomic E-state index is 0. The number of nitrogens with zero attached hydrogens (tertiary/aromatic N) is 5. The average molecular weight is 894 g/mol. The molecular formula is C35H35F2N7O13P2S. The van der Waals surface area contributed by atoms with E-state index in [-0.39, 0.29) is 35.9 Å². The first kappa shape index (κ1) is 43.3. The van der Waals surface area contributed by atoms with Crippen LogP contribution in [0.5, 0.6) is 5.75 Å². The Balaban J connectivity index is 0.00000544. The fourth-order valence-corrected chi connectivity index (χ4v) is 10.7. The van der Waals surface area contributed by atoms with Crippen LogP contribution in [-0.2, 0) is 42.5 Å². The summed E-state index contributed by atoms with van der Waals surface area (Å²) < 4.78 is 101. The van der Waals surface area contributed by atoms with Gasteiger partial charge in [0, 0.05) is 25.4 Å². The highest BCUT2D eigenvalue weighted by Crippen LogP contribution is 2.64. The van der Waals surface area contributed by atoms with Crippen LogP contribution < -0.4 is 26.6 Å². The van der Waals surface area contributed by atoms with Gasteiger partial charge in [-0.1, -0.05) is 29.8 Å². The number of hydrogen-bond acceptors (Lipinski definition) is 18. The Morgan fingerprint density at radius 2 is 1.65 bits per heavy atom. The Labute approximate surface area is 342 Å². The van der Waals surface area contributed by atoms with Crippen molar-refractivity contribution in [1.82, 2.24) is 29.1 Å². The number of hydrogen-bond donors (Lipinski definition) is 2. The van der Waals surface area contributed by atoms with E-state index in [0.717, 1.165) is 30.5 Å². The summed E-state index contributed by atoms with van der Waals surface area (Å²) >= 11 is 0.561. The second-order valence-corrected chi connectivity index (χ2v) is 18.8. The molecule has 2 aromatic carbocycles. The fourth-order valence-electron chi connectivity index (χ4n) is 6.45. The largest absolute Gasteiger partial charge is 0.756 e. The Kier molecular flexibility index (Phi) is 12.5. The van der Waals surface area contributed by atoms with Crippen LogP contribution in [0.1, 0.15) is 33.9 Å². The van der Waals surface area contributed by atoms with Gasteiger partial charge in [0.2, 0.25) is 0 Å². The lowest BCUT2D eigenvalue weighted by Gasteiger charge is -2.31. The van der Waals surface area contributed by atoms with E-state index in [1.165, 1.54) is 16.7 Å². The van der Waals surface area contributed by atoms with Crippen LogP contribution in [0.3, 0.4) is 0 Å². The van der Waals surface area contributed by atoms with Gasteiger partial charge in [-0.05, 0) is 48.1 Å². The number of aromatic amines is 1. The van der Waals surface area contributed by atoms with Gasteiger partial charge >= 0.3 is 18.5 Å². The van der Waals surface area contributed by atoms with Gasteiger partial charge in [-0.3, -0.25) is 32.5 Å². The molecule has 0 aliphatic carbocycles. The summed E-state index contributed by atoms with van der Waals surface area (Å²) in [5, 5.41) is 0. The molecule has 20 nitrogen and oxygen atoms in total. The van der Waals surface area contributed by atoms with Gasteiger partial charge in [-0.25, -0.2) is 37.9 Å². The van der Waals surface area contributed by atoms with E-state index < -0.39 is 94.3 Å². The lowest BCUT2D eigenvalue weighted by Crippen LogP contribution is -2.36. The molecule has 6 heterocycles. The van der Waals surface area contributed by atoms with Crippen LogP contribution in [0.4, 0.5) is 14.6 Å². The minimum atomic E-state index is -5.52. The van der Waals surface area contributed by atoms with Crippen LogP contribution in [0.25, 0.3) is 11.2 Å². The highest BCUT2D eigenvalue weighted by molar-refractivity contribution is 8.54. The van der Waals surface area contributed by atoms with E-state index in [0.29, 0.717) is 27.1 Å². The molecule has 5 aromatic rings. The number of fused-ring (bicyclic) bond motifs is 4. The van der Waals surface area contributed by atoms with Gasteiger partial charge in [0.25, 0.3) is 13.4 Å². The molecule has 3 aromatic heterocycles. The van der Waals surface area contributed by atoms with Crippen LogP contribution in [0.2, 0.25) is 0 Å².